The molecule has 6 rings (SSSR count). The molecule has 2 aromatic heterocycles. The van der Waals surface area contributed by atoms with Crippen molar-refractivity contribution in [1.82, 2.24) is 24.5 Å². The standard InChI is InChI=1S/C22H24ClN7S/c23-19-9-16-11-26-30(18-12-25-29(13-18)17-1-2-17)20(16)10-21(19)27-4-6-28(7-5-27)22(14-24)3-8-31-15-22/h9-13,17H,1-8,15H2. The Morgan fingerprint density at radius 3 is 2.68 bits per heavy atom. The number of thioether (sulfide) groups is 1. The molecular weight excluding hydrogens is 430 g/mol. The minimum absolute atomic E-state index is 0.287. The van der Waals surface area contributed by atoms with Crippen LogP contribution < -0.4 is 4.90 Å². The van der Waals surface area contributed by atoms with Crippen molar-refractivity contribution in [2.45, 2.75) is 30.8 Å². The number of nitrogens with zero attached hydrogens (tertiary/aromatic N) is 7. The van der Waals surface area contributed by atoms with Crippen molar-refractivity contribution in [3.63, 3.8) is 0 Å². The molecule has 160 valence electrons. The number of piperazine rings is 1. The van der Waals surface area contributed by atoms with E-state index in [9.17, 15) is 5.26 Å². The summed E-state index contributed by atoms with van der Waals surface area (Å²) in [6.07, 6.45) is 9.22. The Hall–Kier alpha value is -2.21. The molecule has 0 amide bonds. The van der Waals surface area contributed by atoms with Gasteiger partial charge < -0.3 is 4.90 Å². The van der Waals surface area contributed by atoms with E-state index in [2.05, 4.69) is 38.3 Å². The van der Waals surface area contributed by atoms with Gasteiger partial charge in [0.15, 0.2) is 0 Å². The van der Waals surface area contributed by atoms with Crippen LogP contribution in [0.1, 0.15) is 25.3 Å². The third-order valence-corrected chi connectivity index (χ3v) is 8.30. The SMILES string of the molecule is N#CC1(N2CCN(c3cc4c(cnn4-c4cnn(C5CC5)c4)cc3Cl)CC2)CCSC1. The van der Waals surface area contributed by atoms with Gasteiger partial charge >= 0.3 is 0 Å². The Labute approximate surface area is 190 Å². The van der Waals surface area contributed by atoms with E-state index in [1.165, 1.54) is 12.8 Å². The highest BCUT2D eigenvalue weighted by Crippen LogP contribution is 2.37. The van der Waals surface area contributed by atoms with Gasteiger partial charge in [-0.25, -0.2) is 4.68 Å². The second kappa shape index (κ2) is 7.44. The molecule has 2 aliphatic heterocycles. The fourth-order valence-corrected chi connectivity index (χ4v) is 6.44. The van der Waals surface area contributed by atoms with Crippen LogP contribution >= 0.6 is 23.4 Å². The summed E-state index contributed by atoms with van der Waals surface area (Å²) in [5.41, 5.74) is 2.77. The summed E-state index contributed by atoms with van der Waals surface area (Å²) in [6.45, 7) is 3.51. The van der Waals surface area contributed by atoms with E-state index in [0.717, 1.165) is 71.4 Å². The first-order valence-electron chi connectivity index (χ1n) is 10.9. The lowest BCUT2D eigenvalue weighted by Gasteiger charge is -2.42. The number of rotatable bonds is 4. The summed E-state index contributed by atoms with van der Waals surface area (Å²) < 4.78 is 4.00. The number of anilines is 1. The summed E-state index contributed by atoms with van der Waals surface area (Å²) in [5.74, 6) is 2.00. The summed E-state index contributed by atoms with van der Waals surface area (Å²) in [5, 5.41) is 20.7. The number of nitriles is 1. The molecule has 31 heavy (non-hydrogen) atoms. The first kappa shape index (κ1) is 19.5. The highest BCUT2D eigenvalue weighted by molar-refractivity contribution is 7.99. The molecule has 1 unspecified atom stereocenters. The molecule has 1 aliphatic carbocycles. The molecule has 0 N–H and O–H groups in total. The Morgan fingerprint density at radius 1 is 1.13 bits per heavy atom. The van der Waals surface area contributed by atoms with E-state index in [1.54, 1.807) is 0 Å². The Balaban J connectivity index is 1.27. The van der Waals surface area contributed by atoms with Crippen molar-refractivity contribution < 1.29 is 0 Å². The van der Waals surface area contributed by atoms with Crippen LogP contribution in [0, 0.1) is 11.3 Å². The molecule has 1 aromatic carbocycles. The summed E-state index contributed by atoms with van der Waals surface area (Å²) in [6, 6.07) is 7.33. The molecule has 2 saturated heterocycles. The van der Waals surface area contributed by atoms with Crippen molar-refractivity contribution in [3.05, 3.63) is 35.7 Å². The lowest BCUT2D eigenvalue weighted by atomic mass is 9.97. The molecule has 3 fully saturated rings. The number of benzene rings is 1. The van der Waals surface area contributed by atoms with Gasteiger partial charge in [-0.3, -0.25) is 9.58 Å². The third kappa shape index (κ3) is 3.30. The fraction of sp³-hybridized carbons (Fsp3) is 0.500. The second-order valence-corrected chi connectivity index (χ2v) is 10.3. The zero-order valence-corrected chi connectivity index (χ0v) is 18.8. The van der Waals surface area contributed by atoms with Crippen molar-refractivity contribution in [3.8, 4) is 11.8 Å². The topological polar surface area (TPSA) is 65.9 Å². The molecule has 0 spiro atoms. The fourth-order valence-electron chi connectivity index (χ4n) is 4.80. The lowest BCUT2D eigenvalue weighted by molar-refractivity contribution is 0.148. The smallest absolute Gasteiger partial charge is 0.119 e. The lowest BCUT2D eigenvalue weighted by Crippen LogP contribution is -2.57. The summed E-state index contributed by atoms with van der Waals surface area (Å²) in [4.78, 5) is 4.73. The zero-order chi connectivity index (χ0) is 21.0. The molecule has 3 aliphatic rings. The number of hydrogen-bond donors (Lipinski definition) is 0. The van der Waals surface area contributed by atoms with Gasteiger partial charge in [-0.2, -0.15) is 27.2 Å². The third-order valence-electron chi connectivity index (χ3n) is 6.82. The maximum Gasteiger partial charge on any atom is 0.119 e. The van der Waals surface area contributed by atoms with Crippen LogP contribution in [0.15, 0.2) is 30.7 Å². The first-order valence-corrected chi connectivity index (χ1v) is 12.4. The van der Waals surface area contributed by atoms with Crippen LogP contribution in [-0.4, -0.2) is 67.7 Å². The van der Waals surface area contributed by atoms with Crippen molar-refractivity contribution in [1.29, 1.82) is 5.26 Å². The number of halogens is 1. The van der Waals surface area contributed by atoms with Gasteiger partial charge in [0.1, 0.15) is 11.2 Å². The zero-order valence-electron chi connectivity index (χ0n) is 17.2. The van der Waals surface area contributed by atoms with E-state index in [1.807, 2.05) is 39.6 Å². The average Bonchev–Trinajstić information content (AvgIpc) is 3.18. The predicted molar refractivity (Wildman–Crippen MR) is 124 cm³/mol. The summed E-state index contributed by atoms with van der Waals surface area (Å²) in [7, 11) is 0. The van der Waals surface area contributed by atoms with Crippen molar-refractivity contribution >= 4 is 40.0 Å². The van der Waals surface area contributed by atoms with E-state index < -0.39 is 0 Å². The molecule has 7 nitrogen and oxygen atoms in total. The maximum absolute atomic E-state index is 9.81. The predicted octanol–water partition coefficient (Wildman–Crippen LogP) is 3.73. The summed E-state index contributed by atoms with van der Waals surface area (Å²) >= 11 is 8.59. The van der Waals surface area contributed by atoms with Crippen LogP contribution in [0.5, 0.6) is 0 Å². The van der Waals surface area contributed by atoms with Gasteiger partial charge in [-0.1, -0.05) is 11.6 Å². The van der Waals surface area contributed by atoms with Crippen LogP contribution in [0.2, 0.25) is 5.02 Å². The highest BCUT2D eigenvalue weighted by Gasteiger charge is 2.41. The molecule has 9 heteroatoms. The van der Waals surface area contributed by atoms with E-state index in [0.29, 0.717) is 6.04 Å². The van der Waals surface area contributed by atoms with Crippen LogP contribution in [-0.2, 0) is 0 Å². The molecule has 1 atom stereocenters. The Kier molecular flexibility index (Phi) is 4.67. The highest BCUT2D eigenvalue weighted by atomic mass is 35.5. The van der Waals surface area contributed by atoms with Gasteiger partial charge in [-0.15, -0.1) is 0 Å². The van der Waals surface area contributed by atoms with Crippen molar-refractivity contribution in [2.24, 2.45) is 0 Å². The normalized spacial score (nSPS) is 24.7. The molecule has 3 aromatic rings. The first-order chi connectivity index (χ1) is 15.2. The van der Waals surface area contributed by atoms with E-state index in [-0.39, 0.29) is 5.54 Å². The molecule has 4 heterocycles. The number of aromatic nitrogens is 4. The molecule has 1 saturated carbocycles. The van der Waals surface area contributed by atoms with Crippen LogP contribution in [0.4, 0.5) is 5.69 Å². The van der Waals surface area contributed by atoms with Crippen LogP contribution in [0.3, 0.4) is 0 Å². The molecule has 0 radical (unpaired) electrons. The quantitative estimate of drug-likeness (QED) is 0.599. The van der Waals surface area contributed by atoms with Gasteiger partial charge in [0.05, 0.1) is 46.9 Å². The average molecular weight is 454 g/mol. The van der Waals surface area contributed by atoms with Crippen LogP contribution in [0.25, 0.3) is 16.6 Å². The van der Waals surface area contributed by atoms with Gasteiger partial charge in [0.25, 0.3) is 0 Å². The monoisotopic (exact) mass is 453 g/mol. The largest absolute Gasteiger partial charge is 0.368 e. The molecular formula is C22H24ClN7S. The van der Waals surface area contributed by atoms with Gasteiger partial charge in [0.2, 0.25) is 0 Å². The number of hydrogen-bond acceptors (Lipinski definition) is 6. The molecule has 0 bridgehead atoms. The van der Waals surface area contributed by atoms with Gasteiger partial charge in [0, 0.05) is 37.3 Å². The van der Waals surface area contributed by atoms with E-state index in [4.69, 9.17) is 11.6 Å². The minimum atomic E-state index is -0.287. The van der Waals surface area contributed by atoms with Gasteiger partial charge in [-0.05, 0) is 37.1 Å². The number of fused-ring (bicyclic) bond motifs is 1. The van der Waals surface area contributed by atoms with Crippen molar-refractivity contribution in [2.75, 3.05) is 42.6 Å². The Morgan fingerprint density at radius 2 is 1.97 bits per heavy atom. The maximum atomic E-state index is 9.81. The van der Waals surface area contributed by atoms with E-state index >= 15 is 0 Å². The second-order valence-electron chi connectivity index (χ2n) is 8.75. The Bertz CT molecular complexity index is 1160. The minimum Gasteiger partial charge on any atom is -0.368 e.